The van der Waals surface area contributed by atoms with Crippen LogP contribution < -0.4 is 4.74 Å². The molecule has 0 aliphatic heterocycles. The predicted molar refractivity (Wildman–Crippen MR) is 105 cm³/mol. The Bertz CT molecular complexity index is 912. The van der Waals surface area contributed by atoms with Gasteiger partial charge in [-0.15, -0.1) is 0 Å². The number of halogens is 1. The summed E-state index contributed by atoms with van der Waals surface area (Å²) in [6.45, 7) is 6.76. The third kappa shape index (κ3) is 3.77. The highest BCUT2D eigenvalue weighted by atomic mass is 35.5. The summed E-state index contributed by atoms with van der Waals surface area (Å²) in [7, 11) is 0. The molecule has 0 atom stereocenters. The van der Waals surface area contributed by atoms with E-state index < -0.39 is 0 Å². The fraction of sp³-hybridized carbons (Fsp3) is 0.190. The number of hydrogen-bond donors (Lipinski definition) is 0. The molecule has 0 fully saturated rings. The maximum Gasteiger partial charge on any atom is 0.144 e. The zero-order valence-corrected chi connectivity index (χ0v) is 15.4. The second-order valence-corrected chi connectivity index (χ2v) is 6.24. The Hall–Kier alpha value is -2.52. The van der Waals surface area contributed by atoms with E-state index >= 15 is 0 Å². The summed E-state index contributed by atoms with van der Waals surface area (Å²) in [5.41, 5.74) is 5.22. The Morgan fingerprint density at radius 3 is 2.64 bits per heavy atom. The summed E-state index contributed by atoms with van der Waals surface area (Å²) >= 11 is 6.14. The van der Waals surface area contributed by atoms with Crippen molar-refractivity contribution in [1.82, 2.24) is 4.57 Å². The largest absolute Gasteiger partial charge is 0.492 e. The lowest BCUT2D eigenvalue weighted by molar-refractivity contribution is 0.341. The molecule has 3 aromatic rings. The lowest BCUT2D eigenvalue weighted by atomic mass is 10.2. The zero-order valence-electron chi connectivity index (χ0n) is 14.7. The molecule has 2 aromatic carbocycles. The van der Waals surface area contributed by atoms with Gasteiger partial charge in [0.05, 0.1) is 6.61 Å². The Labute approximate surface area is 153 Å². The summed E-state index contributed by atoms with van der Waals surface area (Å²) in [6.07, 6.45) is 1.89. The van der Waals surface area contributed by atoms with E-state index in [0.717, 1.165) is 39.1 Å². The van der Waals surface area contributed by atoms with Crippen LogP contribution in [0.2, 0.25) is 5.02 Å². The first-order chi connectivity index (χ1) is 12.1. The molecule has 0 unspecified atom stereocenters. The molecule has 0 N–H and O–H groups in total. The minimum atomic E-state index is 0.621. The molecule has 0 radical (unpaired) electrons. The number of hydrogen-bond acceptors (Lipinski definition) is 2. The summed E-state index contributed by atoms with van der Waals surface area (Å²) in [5, 5.41) is 0.728. The van der Waals surface area contributed by atoms with Crippen molar-refractivity contribution in [3.8, 4) is 11.4 Å². The molecule has 0 saturated heterocycles. The topological polar surface area (TPSA) is 26.5 Å². The number of aliphatic imine (C=N–C) groups is 1. The average molecular weight is 353 g/mol. The Morgan fingerprint density at radius 1 is 1.08 bits per heavy atom. The molecule has 0 bridgehead atoms. The fourth-order valence-electron chi connectivity index (χ4n) is 2.91. The number of ether oxygens (including phenoxy) is 1. The van der Waals surface area contributed by atoms with Gasteiger partial charge in [0.25, 0.3) is 0 Å². The third-order valence-electron chi connectivity index (χ3n) is 4.04. The molecule has 0 aliphatic carbocycles. The van der Waals surface area contributed by atoms with E-state index in [9.17, 15) is 0 Å². The highest BCUT2D eigenvalue weighted by molar-refractivity contribution is 6.30. The summed E-state index contributed by atoms with van der Waals surface area (Å²) in [5.74, 6) is 0.796. The van der Waals surface area contributed by atoms with Crippen LogP contribution in [0.4, 0.5) is 5.69 Å². The van der Waals surface area contributed by atoms with Crippen molar-refractivity contribution in [3.05, 3.63) is 76.6 Å². The molecule has 4 heteroatoms. The molecule has 3 nitrogen and oxygen atoms in total. The van der Waals surface area contributed by atoms with Gasteiger partial charge >= 0.3 is 0 Å². The lowest BCUT2D eigenvalue weighted by Crippen LogP contribution is -1.99. The van der Waals surface area contributed by atoms with Gasteiger partial charge in [0.1, 0.15) is 11.4 Å². The molecule has 1 heterocycles. The minimum absolute atomic E-state index is 0.621. The first-order valence-electron chi connectivity index (χ1n) is 8.31. The van der Waals surface area contributed by atoms with Crippen molar-refractivity contribution in [1.29, 1.82) is 0 Å². The molecule has 0 saturated carbocycles. The van der Waals surface area contributed by atoms with Crippen LogP contribution in [0.15, 0.2) is 59.6 Å². The highest BCUT2D eigenvalue weighted by Crippen LogP contribution is 2.27. The Balaban J connectivity index is 1.96. The van der Waals surface area contributed by atoms with Crippen LogP contribution >= 0.6 is 11.6 Å². The molecular formula is C21H21ClN2O. The van der Waals surface area contributed by atoms with Gasteiger partial charge < -0.3 is 9.30 Å². The molecule has 0 amide bonds. The summed E-state index contributed by atoms with van der Waals surface area (Å²) in [6, 6.07) is 17.8. The van der Waals surface area contributed by atoms with Gasteiger partial charge in [0.15, 0.2) is 0 Å². The lowest BCUT2D eigenvalue weighted by Gasteiger charge is -2.10. The van der Waals surface area contributed by atoms with Gasteiger partial charge in [-0.25, -0.2) is 0 Å². The Kier molecular flexibility index (Phi) is 5.25. The molecular weight excluding hydrogens is 332 g/mol. The van der Waals surface area contributed by atoms with Crippen LogP contribution in [0, 0.1) is 13.8 Å². The SMILES string of the molecule is CCOc1ccccc1N=Cc1cc(C)n(-c2cccc(Cl)c2)c1C. The van der Waals surface area contributed by atoms with Gasteiger partial charge in [-0.1, -0.05) is 29.8 Å². The summed E-state index contributed by atoms with van der Waals surface area (Å²) < 4.78 is 7.82. The maximum absolute atomic E-state index is 6.14. The third-order valence-corrected chi connectivity index (χ3v) is 4.28. The quantitative estimate of drug-likeness (QED) is 0.525. The molecule has 0 aliphatic rings. The van der Waals surface area contributed by atoms with Crippen LogP contribution in [-0.2, 0) is 0 Å². The first-order valence-corrected chi connectivity index (χ1v) is 8.68. The van der Waals surface area contributed by atoms with E-state index in [1.165, 1.54) is 0 Å². The van der Waals surface area contributed by atoms with Crippen LogP contribution in [-0.4, -0.2) is 17.4 Å². The van der Waals surface area contributed by atoms with Gasteiger partial charge in [-0.3, -0.25) is 4.99 Å². The van der Waals surface area contributed by atoms with Crippen molar-refractivity contribution < 1.29 is 4.74 Å². The van der Waals surface area contributed by atoms with Gasteiger partial charge in [-0.2, -0.15) is 0 Å². The number of aryl methyl sites for hydroxylation is 1. The Morgan fingerprint density at radius 2 is 1.88 bits per heavy atom. The standard InChI is InChI=1S/C21H21ClN2O/c1-4-25-21-11-6-5-10-20(21)23-14-17-12-15(2)24(16(17)3)19-9-7-8-18(22)13-19/h5-14H,4H2,1-3H3. The van der Waals surface area contributed by atoms with Crippen molar-refractivity contribution in [2.45, 2.75) is 20.8 Å². The van der Waals surface area contributed by atoms with Gasteiger partial charge in [0, 0.05) is 33.9 Å². The second-order valence-electron chi connectivity index (χ2n) is 5.80. The van der Waals surface area contributed by atoms with Crippen molar-refractivity contribution in [2.24, 2.45) is 4.99 Å². The molecule has 128 valence electrons. The number of nitrogens with zero attached hydrogens (tertiary/aromatic N) is 2. The minimum Gasteiger partial charge on any atom is -0.492 e. The smallest absolute Gasteiger partial charge is 0.144 e. The van der Waals surface area contributed by atoms with E-state index in [-0.39, 0.29) is 0 Å². The van der Waals surface area contributed by atoms with E-state index in [0.29, 0.717) is 6.61 Å². The number of aromatic nitrogens is 1. The zero-order chi connectivity index (χ0) is 17.8. The van der Waals surface area contributed by atoms with Crippen molar-refractivity contribution in [3.63, 3.8) is 0 Å². The average Bonchev–Trinajstić information content (AvgIpc) is 2.88. The molecule has 1 aromatic heterocycles. The van der Waals surface area contributed by atoms with E-state index in [1.54, 1.807) is 0 Å². The summed E-state index contributed by atoms with van der Waals surface area (Å²) in [4.78, 5) is 4.63. The fourth-order valence-corrected chi connectivity index (χ4v) is 3.10. The van der Waals surface area contributed by atoms with Crippen LogP contribution in [0.5, 0.6) is 5.75 Å². The van der Waals surface area contributed by atoms with Crippen LogP contribution in [0.1, 0.15) is 23.9 Å². The van der Waals surface area contributed by atoms with Gasteiger partial charge in [-0.05, 0) is 57.2 Å². The number of rotatable bonds is 5. The van der Waals surface area contributed by atoms with Gasteiger partial charge in [0.2, 0.25) is 0 Å². The van der Waals surface area contributed by atoms with E-state index in [4.69, 9.17) is 16.3 Å². The highest BCUT2D eigenvalue weighted by Gasteiger charge is 2.10. The van der Waals surface area contributed by atoms with E-state index in [2.05, 4.69) is 35.5 Å². The maximum atomic E-state index is 6.14. The molecule has 0 spiro atoms. The second kappa shape index (κ2) is 7.58. The van der Waals surface area contributed by atoms with Crippen LogP contribution in [0.3, 0.4) is 0 Å². The molecule has 3 rings (SSSR count). The predicted octanol–water partition coefficient (Wildman–Crippen LogP) is 5.90. The van der Waals surface area contributed by atoms with E-state index in [1.807, 2.05) is 55.6 Å². The van der Waals surface area contributed by atoms with Crippen molar-refractivity contribution in [2.75, 3.05) is 6.61 Å². The van der Waals surface area contributed by atoms with Crippen LogP contribution in [0.25, 0.3) is 5.69 Å². The number of benzene rings is 2. The van der Waals surface area contributed by atoms with Crippen molar-refractivity contribution >= 4 is 23.5 Å². The molecule has 25 heavy (non-hydrogen) atoms. The monoisotopic (exact) mass is 352 g/mol. The number of para-hydroxylation sites is 2. The first kappa shape index (κ1) is 17.3. The normalized spacial score (nSPS) is 11.2.